The maximum atomic E-state index is 13.8. The molecule has 0 aliphatic rings. The summed E-state index contributed by atoms with van der Waals surface area (Å²) in [5.41, 5.74) is 0.885. The van der Waals surface area contributed by atoms with Crippen molar-refractivity contribution in [1.29, 1.82) is 0 Å². The van der Waals surface area contributed by atoms with Crippen molar-refractivity contribution in [3.05, 3.63) is 53.0 Å². The number of ether oxygens (including phenoxy) is 1. The van der Waals surface area contributed by atoms with Gasteiger partial charge in [-0.15, -0.1) is 21.5 Å². The van der Waals surface area contributed by atoms with Gasteiger partial charge < -0.3 is 14.1 Å². The van der Waals surface area contributed by atoms with Crippen molar-refractivity contribution < 1.29 is 18.4 Å². The first-order valence-electron chi connectivity index (χ1n) is 7.60. The highest BCUT2D eigenvalue weighted by Crippen LogP contribution is 2.24. The highest BCUT2D eigenvalue weighted by Gasteiger charge is 2.23. The molecule has 0 saturated heterocycles. The van der Waals surface area contributed by atoms with Gasteiger partial charge in [0.1, 0.15) is 6.54 Å². The number of hydrogen-bond acceptors (Lipinski definition) is 5. The van der Waals surface area contributed by atoms with Crippen LogP contribution < -0.4 is 9.64 Å². The van der Waals surface area contributed by atoms with E-state index < -0.39 is 0 Å². The van der Waals surface area contributed by atoms with Gasteiger partial charge in [0.2, 0.25) is 0 Å². The minimum Gasteiger partial charge on any atom is -0.494 e. The van der Waals surface area contributed by atoms with Crippen LogP contribution in [0.15, 0.2) is 40.1 Å². The quantitative estimate of drug-likeness (QED) is 0.744. The largest absolute Gasteiger partial charge is 0.494 e. The number of hydrogen-bond donors (Lipinski definition) is 1. The molecule has 0 radical (unpaired) electrons. The Morgan fingerprint density at radius 2 is 2.17 bits per heavy atom. The first-order chi connectivity index (χ1) is 11.6. The molecule has 0 fully saturated rings. The minimum absolute atomic E-state index is 0.00336. The summed E-state index contributed by atoms with van der Waals surface area (Å²) in [5, 5.41) is 10.2. The summed E-state index contributed by atoms with van der Waals surface area (Å²) in [6.07, 6.45) is 0. The molecule has 0 saturated carbocycles. The van der Waals surface area contributed by atoms with Gasteiger partial charge in [-0.1, -0.05) is 6.07 Å². The molecule has 0 spiro atoms. The first-order valence-corrected chi connectivity index (χ1v) is 8.48. The van der Waals surface area contributed by atoms with Crippen LogP contribution >= 0.6 is 11.3 Å². The van der Waals surface area contributed by atoms with Gasteiger partial charge >= 0.3 is 0 Å². The van der Waals surface area contributed by atoms with E-state index in [1.165, 1.54) is 13.2 Å². The minimum atomic E-state index is -0.353. The van der Waals surface area contributed by atoms with Crippen molar-refractivity contribution in [2.45, 2.75) is 19.5 Å². The lowest BCUT2D eigenvalue weighted by Gasteiger charge is -2.19. The Morgan fingerprint density at radius 1 is 1.33 bits per heavy atom. The third-order valence-electron chi connectivity index (χ3n) is 3.98. The zero-order valence-electron chi connectivity index (χ0n) is 13.7. The Balaban J connectivity index is 1.70. The van der Waals surface area contributed by atoms with E-state index in [0.717, 1.165) is 15.3 Å². The Morgan fingerprint density at radius 3 is 2.83 bits per heavy atom. The number of nitrogens with zero attached hydrogens (tertiary/aromatic N) is 2. The zero-order chi connectivity index (χ0) is 17.1. The highest BCUT2D eigenvalue weighted by atomic mass is 32.1. The maximum Gasteiger partial charge on any atom is 0.274 e. The molecule has 5 nitrogen and oxygen atoms in total. The molecule has 24 heavy (non-hydrogen) atoms. The summed E-state index contributed by atoms with van der Waals surface area (Å²) in [5.74, 6) is 1.01. The topological polar surface area (TPSA) is 52.6 Å². The smallest absolute Gasteiger partial charge is 0.274 e. The van der Waals surface area contributed by atoms with E-state index in [-0.39, 0.29) is 17.6 Å². The summed E-state index contributed by atoms with van der Waals surface area (Å²) >= 11 is 1.56. The summed E-state index contributed by atoms with van der Waals surface area (Å²) < 4.78 is 24.5. The summed E-state index contributed by atoms with van der Waals surface area (Å²) in [7, 11) is 3.47. The fraction of sp³-hybridized carbons (Fsp3) is 0.294. The Hall–Kier alpha value is -2.25. The lowest BCUT2D eigenvalue weighted by atomic mass is 10.1. The molecular weight excluding hydrogens is 329 g/mol. The number of rotatable bonds is 6. The molecule has 7 heteroatoms. The van der Waals surface area contributed by atoms with Crippen LogP contribution in [0.1, 0.15) is 24.4 Å². The van der Waals surface area contributed by atoms with E-state index in [9.17, 15) is 4.39 Å². The van der Waals surface area contributed by atoms with Crippen LogP contribution in [0.25, 0.3) is 10.8 Å². The van der Waals surface area contributed by atoms with Crippen molar-refractivity contribution in [3.63, 3.8) is 0 Å². The van der Waals surface area contributed by atoms with Crippen molar-refractivity contribution >= 4 is 11.3 Å². The average Bonchev–Trinajstić information content (AvgIpc) is 3.25. The third kappa shape index (κ3) is 3.47. The van der Waals surface area contributed by atoms with Gasteiger partial charge in [0.15, 0.2) is 17.6 Å². The molecule has 3 aromatic rings. The molecule has 0 bridgehead atoms. The lowest BCUT2D eigenvalue weighted by molar-refractivity contribution is -0.925. The number of benzene rings is 1. The molecule has 1 N–H and O–H groups in total. The van der Waals surface area contributed by atoms with Crippen molar-refractivity contribution in [2.75, 3.05) is 14.2 Å². The van der Waals surface area contributed by atoms with Crippen molar-refractivity contribution in [3.8, 4) is 16.5 Å². The molecule has 2 heterocycles. The molecule has 2 atom stereocenters. The Labute approximate surface area is 143 Å². The second-order valence-corrected chi connectivity index (χ2v) is 6.58. The standard InChI is InChI=1S/C17H18FN3O2S/c1-11(16-19-20-17(23-16)15-5-4-8-24-15)21(2)10-12-6-7-14(22-3)13(18)9-12/h4-9,11H,10H2,1-3H3/p+1/t11-/m1/s1. The number of quaternary nitrogens is 1. The van der Waals surface area contributed by atoms with E-state index in [0.29, 0.717) is 18.3 Å². The molecular formula is C17H19FN3O2S+. The number of thiophene rings is 1. The van der Waals surface area contributed by atoms with E-state index >= 15 is 0 Å². The molecule has 0 aliphatic heterocycles. The molecule has 0 aliphatic carbocycles. The summed E-state index contributed by atoms with van der Waals surface area (Å²) in [6.45, 7) is 2.65. The van der Waals surface area contributed by atoms with Crippen LogP contribution in [0, 0.1) is 5.82 Å². The highest BCUT2D eigenvalue weighted by molar-refractivity contribution is 7.13. The molecule has 1 unspecified atom stereocenters. The van der Waals surface area contributed by atoms with Crippen molar-refractivity contribution in [1.82, 2.24) is 10.2 Å². The molecule has 126 valence electrons. The van der Waals surface area contributed by atoms with Gasteiger partial charge in [0, 0.05) is 5.56 Å². The van der Waals surface area contributed by atoms with Gasteiger partial charge in [-0.3, -0.25) is 0 Å². The lowest BCUT2D eigenvalue weighted by Crippen LogP contribution is -3.07. The third-order valence-corrected chi connectivity index (χ3v) is 4.84. The summed E-state index contributed by atoms with van der Waals surface area (Å²) in [6, 6.07) is 8.90. The SMILES string of the molecule is COc1ccc(C[NH+](C)[C@H](C)c2nnc(-c3cccs3)o2)cc1F. The first kappa shape index (κ1) is 16.6. The van der Waals surface area contributed by atoms with Gasteiger partial charge in [0.25, 0.3) is 11.8 Å². The van der Waals surface area contributed by atoms with Gasteiger partial charge in [-0.25, -0.2) is 4.39 Å². The zero-order valence-corrected chi connectivity index (χ0v) is 14.6. The van der Waals surface area contributed by atoms with Crippen LogP contribution in [0.3, 0.4) is 0 Å². The van der Waals surface area contributed by atoms with Crippen molar-refractivity contribution in [2.24, 2.45) is 0 Å². The number of aromatic nitrogens is 2. The maximum absolute atomic E-state index is 13.8. The van der Waals surface area contributed by atoms with Gasteiger partial charge in [-0.05, 0) is 36.6 Å². The van der Waals surface area contributed by atoms with Crippen LogP contribution in [0.5, 0.6) is 5.75 Å². The molecule has 3 rings (SSSR count). The van der Waals surface area contributed by atoms with Crippen LogP contribution in [-0.4, -0.2) is 24.4 Å². The number of methoxy groups -OCH3 is 1. The number of halogens is 1. The van der Waals surface area contributed by atoms with E-state index in [4.69, 9.17) is 9.15 Å². The van der Waals surface area contributed by atoms with Crippen LogP contribution in [0.2, 0.25) is 0 Å². The fourth-order valence-corrected chi connectivity index (χ4v) is 3.06. The predicted molar refractivity (Wildman–Crippen MR) is 89.6 cm³/mol. The molecule has 1 aromatic carbocycles. The van der Waals surface area contributed by atoms with Crippen LogP contribution in [-0.2, 0) is 6.54 Å². The normalized spacial score (nSPS) is 13.7. The van der Waals surface area contributed by atoms with Gasteiger partial charge in [0.05, 0.1) is 19.0 Å². The second kappa shape index (κ2) is 7.11. The average molecular weight is 348 g/mol. The predicted octanol–water partition coefficient (Wildman–Crippen LogP) is 2.72. The summed E-state index contributed by atoms with van der Waals surface area (Å²) in [4.78, 5) is 2.08. The van der Waals surface area contributed by atoms with Gasteiger partial charge in [-0.2, -0.15) is 0 Å². The van der Waals surface area contributed by atoms with E-state index in [1.54, 1.807) is 17.4 Å². The molecule has 0 amide bonds. The molecule has 2 aromatic heterocycles. The van der Waals surface area contributed by atoms with E-state index in [1.807, 2.05) is 37.6 Å². The second-order valence-electron chi connectivity index (χ2n) is 5.64. The number of nitrogens with one attached hydrogen (secondary N) is 1. The monoisotopic (exact) mass is 348 g/mol. The fourth-order valence-electron chi connectivity index (χ4n) is 2.42. The van der Waals surface area contributed by atoms with E-state index in [2.05, 4.69) is 10.2 Å². The Bertz CT molecular complexity index is 804. The Kier molecular flexibility index (Phi) is 4.92. The van der Waals surface area contributed by atoms with Crippen LogP contribution in [0.4, 0.5) is 4.39 Å².